The van der Waals surface area contributed by atoms with Gasteiger partial charge in [-0.05, 0) is 37.3 Å². The first-order chi connectivity index (χ1) is 12.6. The minimum Gasteiger partial charge on any atom is -0.354 e. The predicted octanol–water partition coefficient (Wildman–Crippen LogP) is 2.89. The monoisotopic (exact) mass is 350 g/mol. The van der Waals surface area contributed by atoms with Gasteiger partial charge in [0.25, 0.3) is 0 Å². The minimum absolute atomic E-state index is 0.0315. The quantitative estimate of drug-likeness (QED) is 0.835. The number of nitrogens with one attached hydrogen (secondary N) is 1. The van der Waals surface area contributed by atoms with E-state index in [0.717, 1.165) is 12.8 Å². The predicted molar refractivity (Wildman–Crippen MR) is 103 cm³/mol. The molecule has 26 heavy (non-hydrogen) atoms. The lowest BCUT2D eigenvalue weighted by Crippen LogP contribution is -2.45. The van der Waals surface area contributed by atoms with Crippen LogP contribution in [0.5, 0.6) is 0 Å². The number of aryl methyl sites for hydroxylation is 1. The van der Waals surface area contributed by atoms with Crippen molar-refractivity contribution in [1.82, 2.24) is 10.2 Å². The van der Waals surface area contributed by atoms with Crippen LogP contribution < -0.4 is 5.32 Å². The maximum absolute atomic E-state index is 12.6. The van der Waals surface area contributed by atoms with Crippen LogP contribution in [0.2, 0.25) is 0 Å². The third-order valence-electron chi connectivity index (χ3n) is 4.95. The molecular formula is C22H26N2O2. The molecule has 1 heterocycles. The molecule has 0 saturated carbocycles. The molecule has 1 saturated heterocycles. The first kappa shape index (κ1) is 18.2. The molecule has 1 fully saturated rings. The van der Waals surface area contributed by atoms with Gasteiger partial charge in [-0.2, -0.15) is 0 Å². The van der Waals surface area contributed by atoms with Gasteiger partial charge in [-0.15, -0.1) is 0 Å². The summed E-state index contributed by atoms with van der Waals surface area (Å²) in [5.41, 5.74) is 3.63. The van der Waals surface area contributed by atoms with Crippen LogP contribution in [0.3, 0.4) is 0 Å². The van der Waals surface area contributed by atoms with Gasteiger partial charge in [0.15, 0.2) is 0 Å². The third kappa shape index (κ3) is 4.72. The molecule has 2 amide bonds. The summed E-state index contributed by atoms with van der Waals surface area (Å²) in [6, 6.07) is 18.1. The largest absolute Gasteiger partial charge is 0.354 e. The minimum atomic E-state index is -0.329. The Balaban J connectivity index is 1.50. The van der Waals surface area contributed by atoms with Crippen LogP contribution in [-0.4, -0.2) is 35.8 Å². The van der Waals surface area contributed by atoms with Crippen molar-refractivity contribution in [3.05, 3.63) is 71.3 Å². The Morgan fingerprint density at radius 1 is 1.04 bits per heavy atom. The topological polar surface area (TPSA) is 49.4 Å². The molecule has 0 aliphatic carbocycles. The van der Waals surface area contributed by atoms with Crippen molar-refractivity contribution in [1.29, 1.82) is 0 Å². The molecule has 1 aliphatic rings. The van der Waals surface area contributed by atoms with Crippen molar-refractivity contribution in [2.24, 2.45) is 0 Å². The van der Waals surface area contributed by atoms with Crippen molar-refractivity contribution in [2.75, 3.05) is 13.1 Å². The Kier molecular flexibility index (Phi) is 6.05. The van der Waals surface area contributed by atoms with E-state index in [-0.39, 0.29) is 17.9 Å². The summed E-state index contributed by atoms with van der Waals surface area (Å²) in [5.74, 6) is 0.0515. The average Bonchev–Trinajstić information content (AvgIpc) is 3.03. The van der Waals surface area contributed by atoms with Crippen LogP contribution in [0, 0.1) is 6.92 Å². The van der Waals surface area contributed by atoms with E-state index in [9.17, 15) is 9.59 Å². The number of carbonyl (C=O) groups excluding carboxylic acids is 2. The Morgan fingerprint density at radius 2 is 1.73 bits per heavy atom. The maximum atomic E-state index is 12.6. The van der Waals surface area contributed by atoms with E-state index in [2.05, 4.69) is 48.6 Å². The van der Waals surface area contributed by atoms with Gasteiger partial charge in [0.1, 0.15) is 6.04 Å². The maximum Gasteiger partial charge on any atom is 0.242 e. The van der Waals surface area contributed by atoms with Gasteiger partial charge in [-0.3, -0.25) is 9.59 Å². The van der Waals surface area contributed by atoms with E-state index in [0.29, 0.717) is 25.9 Å². The molecule has 0 aromatic heterocycles. The summed E-state index contributed by atoms with van der Waals surface area (Å²) < 4.78 is 0. The number of carbonyl (C=O) groups is 2. The van der Waals surface area contributed by atoms with E-state index in [1.165, 1.54) is 16.7 Å². The lowest BCUT2D eigenvalue weighted by atomic mass is 10.1. The Bertz CT molecular complexity index is 740. The molecule has 0 bridgehead atoms. The number of benzene rings is 2. The van der Waals surface area contributed by atoms with Crippen molar-refractivity contribution in [3.63, 3.8) is 0 Å². The van der Waals surface area contributed by atoms with Crippen LogP contribution in [0.4, 0.5) is 0 Å². The van der Waals surface area contributed by atoms with E-state index < -0.39 is 0 Å². The van der Waals surface area contributed by atoms with Crippen molar-refractivity contribution in [3.8, 4) is 0 Å². The Labute approximate surface area is 155 Å². The van der Waals surface area contributed by atoms with Crippen LogP contribution in [-0.2, 0) is 22.4 Å². The van der Waals surface area contributed by atoms with Gasteiger partial charge < -0.3 is 10.2 Å². The highest BCUT2D eigenvalue weighted by Gasteiger charge is 2.35. The normalized spacial score (nSPS) is 16.7. The van der Waals surface area contributed by atoms with Gasteiger partial charge in [-0.25, -0.2) is 0 Å². The van der Waals surface area contributed by atoms with Crippen LogP contribution in [0.15, 0.2) is 54.6 Å². The SMILES string of the molecule is Cc1ccc(CCNC(=O)[C@H]2CCC(=O)N2CCc2ccccc2)cc1. The summed E-state index contributed by atoms with van der Waals surface area (Å²) in [7, 11) is 0. The fourth-order valence-electron chi connectivity index (χ4n) is 3.38. The van der Waals surface area contributed by atoms with Crippen molar-refractivity contribution >= 4 is 11.8 Å². The molecular weight excluding hydrogens is 324 g/mol. The van der Waals surface area contributed by atoms with Crippen LogP contribution in [0.25, 0.3) is 0 Å². The average molecular weight is 350 g/mol. The molecule has 1 aliphatic heterocycles. The molecule has 1 N–H and O–H groups in total. The van der Waals surface area contributed by atoms with Crippen molar-refractivity contribution in [2.45, 2.75) is 38.6 Å². The molecule has 3 rings (SSSR count). The first-order valence-corrected chi connectivity index (χ1v) is 9.30. The summed E-state index contributed by atoms with van der Waals surface area (Å²) >= 11 is 0. The molecule has 4 nitrogen and oxygen atoms in total. The zero-order valence-electron chi connectivity index (χ0n) is 15.3. The smallest absolute Gasteiger partial charge is 0.242 e. The fraction of sp³-hybridized carbons (Fsp3) is 0.364. The molecule has 0 radical (unpaired) electrons. The van der Waals surface area contributed by atoms with E-state index in [1.54, 1.807) is 4.90 Å². The zero-order chi connectivity index (χ0) is 18.4. The van der Waals surface area contributed by atoms with Gasteiger partial charge >= 0.3 is 0 Å². The van der Waals surface area contributed by atoms with Gasteiger partial charge in [0, 0.05) is 19.5 Å². The van der Waals surface area contributed by atoms with E-state index in [4.69, 9.17) is 0 Å². The molecule has 0 unspecified atom stereocenters. The number of amides is 2. The fourth-order valence-corrected chi connectivity index (χ4v) is 3.38. The lowest BCUT2D eigenvalue weighted by molar-refractivity contribution is -0.135. The molecule has 2 aromatic carbocycles. The third-order valence-corrected chi connectivity index (χ3v) is 4.95. The second kappa shape index (κ2) is 8.65. The highest BCUT2D eigenvalue weighted by Crippen LogP contribution is 2.19. The Hall–Kier alpha value is -2.62. The van der Waals surface area contributed by atoms with Gasteiger partial charge in [0.05, 0.1) is 0 Å². The summed E-state index contributed by atoms with van der Waals surface area (Å²) in [6.07, 6.45) is 2.66. The Morgan fingerprint density at radius 3 is 2.46 bits per heavy atom. The van der Waals surface area contributed by atoms with Gasteiger partial charge in [0.2, 0.25) is 11.8 Å². The molecule has 1 atom stereocenters. The zero-order valence-corrected chi connectivity index (χ0v) is 15.3. The summed E-state index contributed by atoms with van der Waals surface area (Å²) in [5, 5.41) is 3.00. The van der Waals surface area contributed by atoms with E-state index in [1.807, 2.05) is 18.2 Å². The number of hydrogen-bond acceptors (Lipinski definition) is 2. The molecule has 2 aromatic rings. The second-order valence-corrected chi connectivity index (χ2v) is 6.90. The number of rotatable bonds is 7. The molecule has 136 valence electrons. The summed E-state index contributed by atoms with van der Waals surface area (Å²) in [4.78, 5) is 26.5. The van der Waals surface area contributed by atoms with Crippen LogP contribution in [0.1, 0.15) is 29.5 Å². The van der Waals surface area contributed by atoms with Gasteiger partial charge in [-0.1, -0.05) is 60.2 Å². The second-order valence-electron chi connectivity index (χ2n) is 6.90. The van der Waals surface area contributed by atoms with E-state index >= 15 is 0 Å². The highest BCUT2D eigenvalue weighted by molar-refractivity contribution is 5.90. The standard InChI is InChI=1S/C22H26N2O2/c1-17-7-9-19(10-8-17)13-15-23-22(26)20-11-12-21(25)24(20)16-14-18-5-3-2-4-6-18/h2-10,20H,11-16H2,1H3,(H,23,26)/t20-/m1/s1. The highest BCUT2D eigenvalue weighted by atomic mass is 16.2. The molecule has 0 spiro atoms. The molecule has 4 heteroatoms. The number of likely N-dealkylation sites (tertiary alicyclic amines) is 1. The number of hydrogen-bond donors (Lipinski definition) is 1. The first-order valence-electron chi connectivity index (χ1n) is 9.30. The number of nitrogens with zero attached hydrogens (tertiary/aromatic N) is 1. The van der Waals surface area contributed by atoms with Crippen LogP contribution >= 0.6 is 0 Å². The summed E-state index contributed by atoms with van der Waals surface area (Å²) in [6.45, 7) is 3.25. The lowest BCUT2D eigenvalue weighted by Gasteiger charge is -2.24. The van der Waals surface area contributed by atoms with Crippen molar-refractivity contribution < 1.29 is 9.59 Å².